The van der Waals surface area contributed by atoms with Crippen molar-refractivity contribution < 1.29 is 41.0 Å². The molecule has 0 bridgehead atoms. The molecule has 2 saturated heterocycles. The summed E-state index contributed by atoms with van der Waals surface area (Å²) < 4.78 is 65.3. The van der Waals surface area contributed by atoms with Crippen LogP contribution >= 0.6 is 11.6 Å². The SMILES string of the molecule is COc1ccc(Cl)cc1S(=O)(=O)N(CCCN1CCCC1)CC(=O)N1CCNCC1.O=C(O)C(F)(F)F. The highest BCUT2D eigenvalue weighted by Gasteiger charge is 2.38. The van der Waals surface area contributed by atoms with Gasteiger partial charge in [-0.05, 0) is 57.1 Å². The Balaban J connectivity index is 0.000000604. The fraction of sp³-hybridized carbons (Fsp3) is 0.636. The molecule has 0 atom stereocenters. The highest BCUT2D eigenvalue weighted by molar-refractivity contribution is 7.89. The Bertz CT molecular complexity index is 1020. The van der Waals surface area contributed by atoms with Crippen LogP contribution in [0.4, 0.5) is 13.2 Å². The maximum atomic E-state index is 13.5. The van der Waals surface area contributed by atoms with E-state index in [0.717, 1.165) is 32.7 Å². The van der Waals surface area contributed by atoms with Crippen LogP contribution in [-0.2, 0) is 19.6 Å². The molecule has 2 fully saturated rings. The van der Waals surface area contributed by atoms with Crippen molar-refractivity contribution in [1.29, 1.82) is 0 Å². The Labute approximate surface area is 219 Å². The van der Waals surface area contributed by atoms with Gasteiger partial charge >= 0.3 is 12.1 Å². The first-order valence-corrected chi connectivity index (χ1v) is 13.5. The number of methoxy groups -OCH3 is 1. The van der Waals surface area contributed by atoms with Crippen LogP contribution in [0, 0.1) is 0 Å². The third kappa shape index (κ3) is 9.60. The Hall–Kier alpha value is -2.13. The summed E-state index contributed by atoms with van der Waals surface area (Å²) >= 11 is 6.08. The standard InChI is InChI=1S/C20H31ClN4O4S.C2HF3O2/c1-29-18-6-5-17(21)15-19(18)30(27,28)25(12-4-11-23-9-2-3-10-23)16-20(26)24-13-7-22-8-14-24;3-2(4,5)1(6)7/h5-6,15,22H,2-4,7-14,16H2,1H3;(H,6,7). The lowest BCUT2D eigenvalue weighted by Gasteiger charge is -2.30. The number of ether oxygens (including phenoxy) is 1. The summed E-state index contributed by atoms with van der Waals surface area (Å²) in [6.07, 6.45) is -2.05. The molecule has 3 rings (SSSR count). The Kier molecular flexibility index (Phi) is 11.9. The zero-order valence-electron chi connectivity index (χ0n) is 20.5. The molecular weight excluding hydrogens is 541 g/mol. The Morgan fingerprint density at radius 1 is 1.16 bits per heavy atom. The molecule has 1 amide bonds. The van der Waals surface area contributed by atoms with Gasteiger partial charge in [-0.2, -0.15) is 17.5 Å². The number of sulfonamides is 1. The number of hydrogen-bond donors (Lipinski definition) is 2. The van der Waals surface area contributed by atoms with Crippen molar-refractivity contribution in [3.8, 4) is 5.75 Å². The number of halogens is 4. The molecule has 0 aromatic heterocycles. The molecule has 10 nitrogen and oxygen atoms in total. The Morgan fingerprint density at radius 3 is 2.30 bits per heavy atom. The van der Waals surface area contributed by atoms with Gasteiger partial charge in [-0.3, -0.25) is 4.79 Å². The third-order valence-corrected chi connectivity index (χ3v) is 7.95. The van der Waals surface area contributed by atoms with Crippen LogP contribution in [0.1, 0.15) is 19.3 Å². The summed E-state index contributed by atoms with van der Waals surface area (Å²) in [7, 11) is -2.53. The predicted octanol–water partition coefficient (Wildman–Crippen LogP) is 1.89. The summed E-state index contributed by atoms with van der Waals surface area (Å²) in [6, 6.07) is 4.51. The lowest BCUT2D eigenvalue weighted by atomic mass is 10.3. The second-order valence-electron chi connectivity index (χ2n) is 8.47. The van der Waals surface area contributed by atoms with Gasteiger partial charge in [0.2, 0.25) is 15.9 Å². The summed E-state index contributed by atoms with van der Waals surface area (Å²) in [6.45, 7) is 5.61. The lowest BCUT2D eigenvalue weighted by molar-refractivity contribution is -0.192. The maximum Gasteiger partial charge on any atom is 0.490 e. The minimum atomic E-state index is -5.08. The van der Waals surface area contributed by atoms with Crippen molar-refractivity contribution in [2.75, 3.05) is 66.0 Å². The first kappa shape index (κ1) is 31.1. The summed E-state index contributed by atoms with van der Waals surface area (Å²) in [5.41, 5.74) is 0. The molecule has 2 aliphatic heterocycles. The topological polar surface area (TPSA) is 119 Å². The number of nitrogens with one attached hydrogen (secondary N) is 1. The van der Waals surface area contributed by atoms with Crippen LogP contribution in [0.5, 0.6) is 5.75 Å². The molecule has 37 heavy (non-hydrogen) atoms. The van der Waals surface area contributed by atoms with Gasteiger partial charge < -0.3 is 25.0 Å². The van der Waals surface area contributed by atoms with Crippen molar-refractivity contribution in [2.24, 2.45) is 0 Å². The monoisotopic (exact) mass is 572 g/mol. The van der Waals surface area contributed by atoms with Crippen molar-refractivity contribution in [1.82, 2.24) is 19.4 Å². The first-order valence-electron chi connectivity index (χ1n) is 11.7. The second kappa shape index (κ2) is 14.1. The number of likely N-dealkylation sites (tertiary alicyclic amines) is 1. The number of alkyl halides is 3. The zero-order valence-corrected chi connectivity index (χ0v) is 22.0. The Morgan fingerprint density at radius 2 is 1.76 bits per heavy atom. The van der Waals surface area contributed by atoms with Gasteiger partial charge in [-0.25, -0.2) is 13.2 Å². The smallest absolute Gasteiger partial charge is 0.490 e. The molecule has 2 heterocycles. The molecule has 210 valence electrons. The zero-order chi connectivity index (χ0) is 27.6. The quantitative estimate of drug-likeness (QED) is 0.460. The first-order chi connectivity index (χ1) is 17.4. The van der Waals surface area contributed by atoms with E-state index in [4.69, 9.17) is 26.2 Å². The second-order valence-corrected chi connectivity index (χ2v) is 10.8. The van der Waals surface area contributed by atoms with E-state index in [-0.39, 0.29) is 29.6 Å². The average molecular weight is 573 g/mol. The molecule has 2 aliphatic rings. The molecule has 1 aromatic carbocycles. The number of carboxylic acid groups (broad SMARTS) is 1. The third-order valence-electron chi connectivity index (χ3n) is 5.85. The van der Waals surface area contributed by atoms with Gasteiger partial charge in [-0.1, -0.05) is 11.6 Å². The highest BCUT2D eigenvalue weighted by atomic mass is 35.5. The number of aliphatic carboxylic acids is 1. The number of rotatable bonds is 9. The van der Waals surface area contributed by atoms with Crippen LogP contribution in [-0.4, -0.2) is 112 Å². The number of carbonyl (C=O) groups excluding carboxylic acids is 1. The van der Waals surface area contributed by atoms with Crippen LogP contribution in [0.15, 0.2) is 23.1 Å². The number of nitrogens with zero attached hydrogens (tertiary/aromatic N) is 3. The van der Waals surface area contributed by atoms with Crippen LogP contribution in [0.3, 0.4) is 0 Å². The molecule has 0 spiro atoms. The molecule has 0 saturated carbocycles. The highest BCUT2D eigenvalue weighted by Crippen LogP contribution is 2.30. The van der Waals surface area contributed by atoms with E-state index < -0.39 is 22.2 Å². The fourth-order valence-electron chi connectivity index (χ4n) is 3.92. The average Bonchev–Trinajstić information content (AvgIpc) is 3.37. The molecule has 0 aliphatic carbocycles. The van der Waals surface area contributed by atoms with Gasteiger partial charge in [-0.15, -0.1) is 0 Å². The number of benzene rings is 1. The van der Waals surface area contributed by atoms with E-state index in [1.54, 1.807) is 11.0 Å². The normalized spacial score (nSPS) is 16.9. The van der Waals surface area contributed by atoms with Crippen molar-refractivity contribution >= 4 is 33.5 Å². The fourth-order valence-corrected chi connectivity index (χ4v) is 5.76. The molecule has 2 N–H and O–H groups in total. The van der Waals surface area contributed by atoms with E-state index in [2.05, 4.69) is 10.2 Å². The number of amides is 1. The summed E-state index contributed by atoms with van der Waals surface area (Å²) in [4.78, 5) is 25.8. The summed E-state index contributed by atoms with van der Waals surface area (Å²) in [5, 5.41) is 10.6. The minimum absolute atomic E-state index is 0.00761. The summed E-state index contributed by atoms with van der Waals surface area (Å²) in [5.74, 6) is -2.71. The number of carboxylic acids is 1. The van der Waals surface area contributed by atoms with Gasteiger partial charge in [0.1, 0.15) is 10.6 Å². The van der Waals surface area contributed by atoms with E-state index in [9.17, 15) is 26.4 Å². The van der Waals surface area contributed by atoms with Crippen LogP contribution in [0.25, 0.3) is 0 Å². The van der Waals surface area contributed by atoms with Gasteiger partial charge in [0, 0.05) is 37.7 Å². The predicted molar refractivity (Wildman–Crippen MR) is 130 cm³/mol. The molecule has 1 aromatic rings. The van der Waals surface area contributed by atoms with Crippen LogP contribution in [0.2, 0.25) is 5.02 Å². The van der Waals surface area contributed by atoms with E-state index in [1.807, 2.05) is 0 Å². The van der Waals surface area contributed by atoms with Gasteiger partial charge in [0.15, 0.2) is 0 Å². The molecule has 15 heteroatoms. The molecular formula is C22H32ClF3N4O6S. The van der Waals surface area contributed by atoms with E-state index >= 15 is 0 Å². The minimum Gasteiger partial charge on any atom is -0.495 e. The molecule has 0 radical (unpaired) electrons. The maximum absolute atomic E-state index is 13.5. The van der Waals surface area contributed by atoms with Crippen molar-refractivity contribution in [3.63, 3.8) is 0 Å². The van der Waals surface area contributed by atoms with E-state index in [1.165, 1.54) is 36.4 Å². The number of piperazine rings is 1. The van der Waals surface area contributed by atoms with Gasteiger partial charge in [0.25, 0.3) is 0 Å². The molecule has 0 unspecified atom stereocenters. The van der Waals surface area contributed by atoms with Gasteiger partial charge in [0.05, 0.1) is 13.7 Å². The van der Waals surface area contributed by atoms with Crippen molar-refractivity contribution in [2.45, 2.75) is 30.3 Å². The number of carbonyl (C=O) groups is 2. The largest absolute Gasteiger partial charge is 0.495 e. The lowest BCUT2D eigenvalue weighted by Crippen LogP contribution is -2.50. The van der Waals surface area contributed by atoms with Crippen LogP contribution < -0.4 is 10.1 Å². The van der Waals surface area contributed by atoms with Crippen molar-refractivity contribution in [3.05, 3.63) is 23.2 Å². The van der Waals surface area contributed by atoms with E-state index in [0.29, 0.717) is 24.5 Å². The number of hydrogen-bond acceptors (Lipinski definition) is 7.